The van der Waals surface area contributed by atoms with Gasteiger partial charge in [0.2, 0.25) is 0 Å². The molecule has 3 rings (SSSR count). The topological polar surface area (TPSA) is 0 Å². The number of allylic oxidation sites excluding steroid dienone is 10. The summed E-state index contributed by atoms with van der Waals surface area (Å²) < 4.78 is 0. The van der Waals surface area contributed by atoms with Crippen LogP contribution in [0.1, 0.15) is 64.2 Å². The molecule has 0 N–H and O–H groups in total. The van der Waals surface area contributed by atoms with Gasteiger partial charge in [0.25, 0.3) is 0 Å². The first-order valence-corrected chi connectivity index (χ1v) is 8.79. The van der Waals surface area contributed by atoms with Crippen LogP contribution in [0, 0.1) is 12.0 Å². The van der Waals surface area contributed by atoms with E-state index < -0.39 is 0 Å². The molecule has 0 heterocycles. The van der Waals surface area contributed by atoms with Crippen LogP contribution in [0.4, 0.5) is 0 Å². The van der Waals surface area contributed by atoms with E-state index in [0.29, 0.717) is 0 Å². The summed E-state index contributed by atoms with van der Waals surface area (Å²) in [6.45, 7) is 0. The van der Waals surface area contributed by atoms with Crippen molar-refractivity contribution in [1.29, 1.82) is 0 Å². The van der Waals surface area contributed by atoms with E-state index in [2.05, 4.69) is 42.5 Å². The van der Waals surface area contributed by atoms with Crippen molar-refractivity contribution in [3.05, 3.63) is 59.3 Å². The molecule has 0 aliphatic heterocycles. The molecule has 1 radical (unpaired) electrons. The van der Waals surface area contributed by atoms with Gasteiger partial charge in [0, 0.05) is 0 Å². The lowest BCUT2D eigenvalue weighted by molar-refractivity contribution is 0.534. The van der Waals surface area contributed by atoms with Gasteiger partial charge in [0.05, 0.1) is 0 Å². The van der Waals surface area contributed by atoms with Crippen molar-refractivity contribution in [2.75, 3.05) is 0 Å². The molecule has 0 aromatic carbocycles. The van der Waals surface area contributed by atoms with Gasteiger partial charge in [-0.15, -0.1) is 0 Å². The Morgan fingerprint density at radius 2 is 1.67 bits per heavy atom. The van der Waals surface area contributed by atoms with Gasteiger partial charge in [-0.3, -0.25) is 0 Å². The van der Waals surface area contributed by atoms with E-state index in [1.54, 1.807) is 5.57 Å². The molecule has 3 aliphatic rings. The molecule has 0 aromatic rings. The first kappa shape index (κ1) is 14.6. The molecule has 1 saturated carbocycles. The van der Waals surface area contributed by atoms with Crippen LogP contribution in [0.5, 0.6) is 0 Å². The van der Waals surface area contributed by atoms with Crippen molar-refractivity contribution in [1.82, 2.24) is 0 Å². The van der Waals surface area contributed by atoms with Gasteiger partial charge in [-0.25, -0.2) is 0 Å². The van der Waals surface area contributed by atoms with Crippen LogP contribution in [0.15, 0.2) is 53.2 Å². The maximum atomic E-state index is 3.71. The molecule has 111 valence electrons. The number of rotatable bonds is 2. The molecule has 0 nitrogen and oxygen atoms in total. The second-order valence-electron chi connectivity index (χ2n) is 6.51. The fourth-order valence-corrected chi connectivity index (χ4v) is 3.80. The fraction of sp³-hybridized carbons (Fsp3) is 0.524. The molecule has 0 spiro atoms. The van der Waals surface area contributed by atoms with Gasteiger partial charge in [-0.2, -0.15) is 0 Å². The van der Waals surface area contributed by atoms with E-state index in [0.717, 1.165) is 12.3 Å². The molecular formula is C21H27. The summed E-state index contributed by atoms with van der Waals surface area (Å²) in [6, 6.07) is 0. The molecule has 0 amide bonds. The monoisotopic (exact) mass is 279 g/mol. The van der Waals surface area contributed by atoms with Crippen LogP contribution in [0.3, 0.4) is 0 Å². The smallest absolute Gasteiger partial charge is 0.00851 e. The molecule has 0 heteroatoms. The molecular weight excluding hydrogens is 252 g/mol. The molecule has 0 saturated heterocycles. The Balaban J connectivity index is 1.87. The Kier molecular flexibility index (Phi) is 5.32. The largest absolute Gasteiger partial charge is 0.0845 e. The SMILES string of the molecule is [C]1=C(C2=CC=CCCC2)C(C2CCCCCC2)=CC=CC1. The quantitative estimate of drug-likeness (QED) is 0.525. The predicted octanol–water partition coefficient (Wildman–Crippen LogP) is 6.24. The zero-order chi connectivity index (χ0) is 14.3. The van der Waals surface area contributed by atoms with Crippen LogP contribution >= 0.6 is 0 Å². The van der Waals surface area contributed by atoms with Gasteiger partial charge >= 0.3 is 0 Å². The summed E-state index contributed by atoms with van der Waals surface area (Å²) in [5, 5.41) is 0. The second-order valence-corrected chi connectivity index (χ2v) is 6.51. The predicted molar refractivity (Wildman–Crippen MR) is 90.9 cm³/mol. The lowest BCUT2D eigenvalue weighted by Gasteiger charge is -2.22. The van der Waals surface area contributed by atoms with Crippen molar-refractivity contribution in [2.24, 2.45) is 5.92 Å². The number of hydrogen-bond acceptors (Lipinski definition) is 0. The van der Waals surface area contributed by atoms with E-state index >= 15 is 0 Å². The van der Waals surface area contributed by atoms with Gasteiger partial charge in [-0.1, -0.05) is 62.1 Å². The van der Waals surface area contributed by atoms with Crippen molar-refractivity contribution in [3.8, 4) is 0 Å². The minimum absolute atomic E-state index is 0.755. The van der Waals surface area contributed by atoms with Crippen LogP contribution in [-0.2, 0) is 0 Å². The Morgan fingerprint density at radius 1 is 0.857 bits per heavy atom. The van der Waals surface area contributed by atoms with Crippen LogP contribution < -0.4 is 0 Å². The molecule has 0 bridgehead atoms. The van der Waals surface area contributed by atoms with Crippen molar-refractivity contribution in [3.63, 3.8) is 0 Å². The van der Waals surface area contributed by atoms with Crippen LogP contribution in [-0.4, -0.2) is 0 Å². The number of hydrogen-bond donors (Lipinski definition) is 0. The van der Waals surface area contributed by atoms with E-state index in [1.165, 1.54) is 68.9 Å². The summed E-state index contributed by atoms with van der Waals surface area (Å²) in [6.07, 6.45) is 30.5. The lowest BCUT2D eigenvalue weighted by atomic mass is 9.82. The highest BCUT2D eigenvalue weighted by Gasteiger charge is 2.22. The third kappa shape index (κ3) is 3.87. The molecule has 0 unspecified atom stereocenters. The van der Waals surface area contributed by atoms with Gasteiger partial charge < -0.3 is 0 Å². The lowest BCUT2D eigenvalue weighted by Crippen LogP contribution is -2.08. The molecule has 0 aromatic heterocycles. The molecule has 3 aliphatic carbocycles. The molecule has 1 fully saturated rings. The Bertz CT molecular complexity index is 488. The first-order valence-electron chi connectivity index (χ1n) is 8.79. The van der Waals surface area contributed by atoms with Gasteiger partial charge in [-0.05, 0) is 67.2 Å². The van der Waals surface area contributed by atoms with E-state index in [-0.39, 0.29) is 0 Å². The fourth-order valence-electron chi connectivity index (χ4n) is 3.80. The average molecular weight is 279 g/mol. The average Bonchev–Trinajstić information content (AvgIpc) is 3.01. The highest BCUT2D eigenvalue weighted by atomic mass is 14.3. The van der Waals surface area contributed by atoms with E-state index in [9.17, 15) is 0 Å². The zero-order valence-corrected chi connectivity index (χ0v) is 13.1. The van der Waals surface area contributed by atoms with Crippen LogP contribution in [0.25, 0.3) is 0 Å². The zero-order valence-electron chi connectivity index (χ0n) is 13.1. The van der Waals surface area contributed by atoms with Gasteiger partial charge in [0.1, 0.15) is 0 Å². The Morgan fingerprint density at radius 3 is 2.52 bits per heavy atom. The minimum Gasteiger partial charge on any atom is -0.0845 e. The highest BCUT2D eigenvalue weighted by molar-refractivity contribution is 5.50. The van der Waals surface area contributed by atoms with E-state index in [4.69, 9.17) is 0 Å². The maximum Gasteiger partial charge on any atom is -0.00851 e. The van der Waals surface area contributed by atoms with Crippen molar-refractivity contribution < 1.29 is 0 Å². The normalized spacial score (nSPS) is 24.5. The Labute approximate surface area is 130 Å². The Hall–Kier alpha value is -1.30. The molecule has 21 heavy (non-hydrogen) atoms. The summed E-state index contributed by atoms with van der Waals surface area (Å²) in [4.78, 5) is 0. The van der Waals surface area contributed by atoms with Gasteiger partial charge in [0.15, 0.2) is 0 Å². The van der Waals surface area contributed by atoms with Crippen molar-refractivity contribution in [2.45, 2.75) is 64.2 Å². The van der Waals surface area contributed by atoms with E-state index in [1.807, 2.05) is 0 Å². The summed E-state index contributed by atoms with van der Waals surface area (Å²) in [7, 11) is 0. The second kappa shape index (κ2) is 7.64. The third-order valence-corrected chi connectivity index (χ3v) is 4.96. The first-order chi connectivity index (χ1) is 10.4. The summed E-state index contributed by atoms with van der Waals surface area (Å²) in [5.74, 6) is 0.755. The maximum absolute atomic E-state index is 3.71. The van der Waals surface area contributed by atoms with Crippen molar-refractivity contribution >= 4 is 0 Å². The van der Waals surface area contributed by atoms with Crippen LogP contribution in [0.2, 0.25) is 0 Å². The highest BCUT2D eigenvalue weighted by Crippen LogP contribution is 2.37. The third-order valence-electron chi connectivity index (χ3n) is 4.96. The standard InChI is InChI=1S/C21H27/c1-2-7-13-18(12-6-1)20-16-10-5-11-17-21(20)19-14-8-3-4-9-15-19/h1,5-6,11-12,17,19H,2-4,7-10,13-15H2. The summed E-state index contributed by atoms with van der Waals surface area (Å²) in [5.41, 5.74) is 4.54. The minimum atomic E-state index is 0.755. The summed E-state index contributed by atoms with van der Waals surface area (Å²) >= 11 is 0. The molecule has 0 atom stereocenters.